The van der Waals surface area contributed by atoms with Crippen LogP contribution in [0, 0.1) is 0 Å². The van der Waals surface area contributed by atoms with Gasteiger partial charge in [0.05, 0.1) is 27.5 Å². The fourth-order valence-corrected chi connectivity index (χ4v) is 5.46. The molecular weight excluding hydrogens is 517 g/mol. The lowest BCUT2D eigenvalue weighted by Crippen LogP contribution is -2.33. The Bertz CT molecular complexity index is 1440. The third-order valence-corrected chi connectivity index (χ3v) is 7.72. The highest BCUT2D eigenvalue weighted by Crippen LogP contribution is 2.42. The summed E-state index contributed by atoms with van der Waals surface area (Å²) >= 11 is 12.9. The van der Waals surface area contributed by atoms with E-state index < -0.39 is 0 Å². The standard InChI is InChI=1S/C25H27Cl2N7O3/c1-33-12-18(35-2)19(13-33)36-25-30-21-14(23(31-25)34-8-4-3-5-9-34)6-7-28-24(21)37-22-15-11-29-32-17(15)10-16(26)20(22)27/h6-7,10-11,18-19H,3-5,8-9,12-13H2,1-2H3,(H,29,32)/t18-,19-/m1/s1. The third kappa shape index (κ3) is 4.63. The zero-order chi connectivity index (χ0) is 25.5. The Hall–Kier alpha value is -2.92. The van der Waals surface area contributed by atoms with Gasteiger partial charge in [0, 0.05) is 39.5 Å². The molecule has 37 heavy (non-hydrogen) atoms. The average molecular weight is 544 g/mol. The topological polar surface area (TPSA) is 102 Å². The summed E-state index contributed by atoms with van der Waals surface area (Å²) in [5, 5.41) is 9.14. The number of fused-ring (bicyclic) bond motifs is 2. The number of halogens is 2. The third-order valence-electron chi connectivity index (χ3n) is 6.95. The van der Waals surface area contributed by atoms with E-state index in [0.29, 0.717) is 33.7 Å². The molecule has 2 aliphatic heterocycles. The summed E-state index contributed by atoms with van der Waals surface area (Å²) in [6.45, 7) is 3.31. The molecule has 2 aliphatic rings. The van der Waals surface area contributed by atoms with Gasteiger partial charge in [0.1, 0.15) is 28.6 Å². The van der Waals surface area contributed by atoms with Gasteiger partial charge in [0.2, 0.25) is 5.88 Å². The number of anilines is 1. The van der Waals surface area contributed by atoms with Crippen molar-refractivity contribution in [2.45, 2.75) is 31.5 Å². The normalized spacial score (nSPS) is 20.7. The molecule has 0 amide bonds. The molecule has 0 bridgehead atoms. The van der Waals surface area contributed by atoms with Gasteiger partial charge in [-0.25, -0.2) is 4.98 Å². The SMILES string of the molecule is CO[C@@H]1CN(C)C[C@H]1Oc1nc(N2CCCCC2)c2ccnc(Oc3c(Cl)c(Cl)cc4[nH]ncc34)c2n1. The molecule has 0 radical (unpaired) electrons. The van der Waals surface area contributed by atoms with Crippen molar-refractivity contribution in [2.75, 3.05) is 45.2 Å². The highest BCUT2D eigenvalue weighted by atomic mass is 35.5. The summed E-state index contributed by atoms with van der Waals surface area (Å²) in [6, 6.07) is 3.88. The zero-order valence-corrected chi connectivity index (χ0v) is 22.1. The number of pyridine rings is 1. The highest BCUT2D eigenvalue weighted by Gasteiger charge is 2.34. The van der Waals surface area contributed by atoms with Crippen molar-refractivity contribution in [1.29, 1.82) is 0 Å². The molecule has 1 aromatic carbocycles. The van der Waals surface area contributed by atoms with E-state index in [9.17, 15) is 0 Å². The molecule has 2 fully saturated rings. The Kier molecular flexibility index (Phi) is 6.66. The van der Waals surface area contributed by atoms with E-state index in [1.165, 1.54) is 6.42 Å². The molecule has 2 atom stereocenters. The van der Waals surface area contributed by atoms with Crippen LogP contribution in [0.15, 0.2) is 24.5 Å². The minimum Gasteiger partial charge on any atom is -0.456 e. The number of likely N-dealkylation sites (tertiary alicyclic amines) is 1. The predicted octanol–water partition coefficient (Wildman–Crippen LogP) is 4.70. The number of aromatic nitrogens is 5. The van der Waals surface area contributed by atoms with E-state index >= 15 is 0 Å². The summed E-state index contributed by atoms with van der Waals surface area (Å²) in [4.78, 5) is 18.6. The fraction of sp³-hybridized carbons (Fsp3) is 0.440. The van der Waals surface area contributed by atoms with Crippen molar-refractivity contribution in [3.63, 3.8) is 0 Å². The van der Waals surface area contributed by atoms with Crippen LogP contribution in [0.1, 0.15) is 19.3 Å². The Morgan fingerprint density at radius 1 is 1.05 bits per heavy atom. The van der Waals surface area contributed by atoms with Crippen LogP contribution in [-0.2, 0) is 4.74 Å². The quantitative estimate of drug-likeness (QED) is 0.370. The van der Waals surface area contributed by atoms with Gasteiger partial charge in [0.15, 0.2) is 5.75 Å². The molecule has 6 rings (SSSR count). The molecule has 0 aliphatic carbocycles. The number of H-pyrrole nitrogens is 1. The van der Waals surface area contributed by atoms with Gasteiger partial charge in [-0.05, 0) is 38.4 Å². The van der Waals surface area contributed by atoms with E-state index in [2.05, 4.69) is 25.0 Å². The van der Waals surface area contributed by atoms with Crippen LogP contribution >= 0.6 is 23.2 Å². The second kappa shape index (κ2) is 10.1. The number of nitrogens with one attached hydrogen (secondary N) is 1. The lowest BCUT2D eigenvalue weighted by molar-refractivity contribution is 0.0300. The largest absolute Gasteiger partial charge is 0.456 e. The van der Waals surface area contributed by atoms with Crippen LogP contribution in [-0.4, -0.2) is 82.6 Å². The summed E-state index contributed by atoms with van der Waals surface area (Å²) in [7, 11) is 3.73. The zero-order valence-electron chi connectivity index (χ0n) is 20.6. The van der Waals surface area contributed by atoms with Crippen molar-refractivity contribution in [3.8, 4) is 17.6 Å². The average Bonchev–Trinajstić information content (AvgIpc) is 3.52. The maximum absolute atomic E-state index is 6.56. The second-order valence-corrected chi connectivity index (χ2v) is 10.3. The van der Waals surface area contributed by atoms with Crippen LogP contribution in [0.25, 0.3) is 21.8 Å². The Morgan fingerprint density at radius 2 is 1.86 bits per heavy atom. The van der Waals surface area contributed by atoms with Crippen molar-refractivity contribution < 1.29 is 14.2 Å². The van der Waals surface area contributed by atoms with E-state index in [0.717, 1.165) is 43.7 Å². The molecule has 0 saturated carbocycles. The first-order valence-electron chi connectivity index (χ1n) is 12.3. The molecule has 0 spiro atoms. The first-order chi connectivity index (χ1) is 18.0. The van der Waals surface area contributed by atoms with Crippen LogP contribution in [0.4, 0.5) is 5.82 Å². The number of ether oxygens (including phenoxy) is 3. The molecule has 4 aromatic rings. The first kappa shape index (κ1) is 24.4. The van der Waals surface area contributed by atoms with Crippen molar-refractivity contribution >= 4 is 50.8 Å². The maximum Gasteiger partial charge on any atom is 0.319 e. The number of rotatable bonds is 6. The number of methoxy groups -OCH3 is 1. The Balaban J connectivity index is 1.47. The fourth-order valence-electron chi connectivity index (χ4n) is 5.07. The van der Waals surface area contributed by atoms with Gasteiger partial charge >= 0.3 is 6.01 Å². The van der Waals surface area contributed by atoms with Crippen LogP contribution < -0.4 is 14.4 Å². The van der Waals surface area contributed by atoms with E-state index in [1.807, 2.05) is 13.1 Å². The minimum atomic E-state index is -0.198. The monoisotopic (exact) mass is 543 g/mol. The van der Waals surface area contributed by atoms with Gasteiger partial charge in [0.25, 0.3) is 0 Å². The number of aromatic amines is 1. The van der Waals surface area contributed by atoms with Gasteiger partial charge in [-0.2, -0.15) is 15.1 Å². The molecule has 194 valence electrons. The molecule has 2 saturated heterocycles. The number of nitrogens with zero attached hydrogens (tertiary/aromatic N) is 6. The first-order valence-corrected chi connectivity index (χ1v) is 13.1. The summed E-state index contributed by atoms with van der Waals surface area (Å²) in [5.74, 6) is 1.44. The van der Waals surface area contributed by atoms with Crippen LogP contribution in [0.3, 0.4) is 0 Å². The number of piperidine rings is 1. The number of likely N-dealkylation sites (N-methyl/N-ethyl adjacent to an activating group) is 1. The van der Waals surface area contributed by atoms with Gasteiger partial charge in [-0.3, -0.25) is 10.00 Å². The molecule has 1 N–H and O–H groups in total. The van der Waals surface area contributed by atoms with Crippen molar-refractivity contribution in [3.05, 3.63) is 34.6 Å². The van der Waals surface area contributed by atoms with Gasteiger partial charge in [-0.1, -0.05) is 23.2 Å². The lowest BCUT2D eigenvalue weighted by Gasteiger charge is -2.29. The second-order valence-electron chi connectivity index (χ2n) is 9.48. The lowest BCUT2D eigenvalue weighted by atomic mass is 10.1. The molecule has 10 nitrogen and oxygen atoms in total. The van der Waals surface area contributed by atoms with E-state index in [-0.39, 0.29) is 29.1 Å². The predicted molar refractivity (Wildman–Crippen MR) is 142 cm³/mol. The smallest absolute Gasteiger partial charge is 0.319 e. The molecular formula is C25H27Cl2N7O3. The molecule has 3 aromatic heterocycles. The summed E-state index contributed by atoms with van der Waals surface area (Å²) in [5.41, 5.74) is 1.23. The number of hydrogen-bond donors (Lipinski definition) is 1. The van der Waals surface area contributed by atoms with E-state index in [4.69, 9.17) is 47.4 Å². The molecule has 0 unspecified atom stereocenters. The maximum atomic E-state index is 6.56. The van der Waals surface area contributed by atoms with Crippen LogP contribution in [0.5, 0.6) is 17.6 Å². The summed E-state index contributed by atoms with van der Waals surface area (Å²) < 4.78 is 18.3. The Morgan fingerprint density at radius 3 is 2.68 bits per heavy atom. The van der Waals surface area contributed by atoms with Gasteiger partial charge in [-0.15, -0.1) is 0 Å². The number of hydrogen-bond acceptors (Lipinski definition) is 9. The number of benzene rings is 1. The summed E-state index contributed by atoms with van der Waals surface area (Å²) in [6.07, 6.45) is 6.46. The van der Waals surface area contributed by atoms with Crippen molar-refractivity contribution in [2.24, 2.45) is 0 Å². The van der Waals surface area contributed by atoms with Crippen LogP contribution in [0.2, 0.25) is 10.0 Å². The van der Waals surface area contributed by atoms with Crippen molar-refractivity contribution in [1.82, 2.24) is 30.0 Å². The molecule has 12 heteroatoms. The molecule has 5 heterocycles. The van der Waals surface area contributed by atoms with Gasteiger partial charge < -0.3 is 19.1 Å². The highest BCUT2D eigenvalue weighted by molar-refractivity contribution is 6.44. The Labute approximate surface area is 223 Å². The minimum absolute atomic E-state index is 0.0769. The van der Waals surface area contributed by atoms with E-state index in [1.54, 1.807) is 25.6 Å².